The van der Waals surface area contributed by atoms with E-state index in [1.165, 1.54) is 24.6 Å². The van der Waals surface area contributed by atoms with Gasteiger partial charge in [-0.05, 0) is 55.5 Å². The quantitative estimate of drug-likeness (QED) is 0.876. The van der Waals surface area contributed by atoms with Crippen LogP contribution < -0.4 is 10.5 Å². The predicted molar refractivity (Wildman–Crippen MR) is 80.9 cm³/mol. The lowest BCUT2D eigenvalue weighted by molar-refractivity contribution is 0.202. The second-order valence-corrected chi connectivity index (χ2v) is 7.73. The number of halogens is 1. The molecule has 1 saturated carbocycles. The van der Waals surface area contributed by atoms with Crippen LogP contribution in [0.3, 0.4) is 0 Å². The Labute approximate surface area is 126 Å². The van der Waals surface area contributed by atoms with Gasteiger partial charge in [-0.2, -0.15) is 0 Å². The number of nitrogens with one attached hydrogen (secondary N) is 1. The number of sulfonamides is 1. The van der Waals surface area contributed by atoms with Gasteiger partial charge in [-0.1, -0.05) is 19.3 Å². The van der Waals surface area contributed by atoms with Gasteiger partial charge in [0.05, 0.1) is 4.90 Å². The Kier molecular flexibility index (Phi) is 5.01. The van der Waals surface area contributed by atoms with Crippen molar-refractivity contribution in [1.29, 1.82) is 0 Å². The van der Waals surface area contributed by atoms with E-state index in [0.717, 1.165) is 25.7 Å². The van der Waals surface area contributed by atoms with E-state index in [-0.39, 0.29) is 10.3 Å². The molecular weight excluding hydrogens is 291 g/mol. The SMILES string of the molecule is Cc1cc(F)ccc1S(=O)(=O)NCC1(CN)CCCCC1. The van der Waals surface area contributed by atoms with Crippen molar-refractivity contribution in [2.24, 2.45) is 11.1 Å². The molecule has 3 N–H and O–H groups in total. The molecule has 6 heteroatoms. The van der Waals surface area contributed by atoms with E-state index < -0.39 is 15.8 Å². The average Bonchev–Trinajstić information content (AvgIpc) is 2.46. The Hall–Kier alpha value is -0.980. The van der Waals surface area contributed by atoms with Crippen LogP contribution in [0.25, 0.3) is 0 Å². The second-order valence-electron chi connectivity index (χ2n) is 6.00. The zero-order valence-corrected chi connectivity index (χ0v) is 13.2. The third-order valence-electron chi connectivity index (χ3n) is 4.41. The van der Waals surface area contributed by atoms with Gasteiger partial charge >= 0.3 is 0 Å². The van der Waals surface area contributed by atoms with Crippen molar-refractivity contribution in [1.82, 2.24) is 4.72 Å². The van der Waals surface area contributed by atoms with Crippen molar-refractivity contribution >= 4 is 10.0 Å². The van der Waals surface area contributed by atoms with Gasteiger partial charge in [-0.25, -0.2) is 17.5 Å². The van der Waals surface area contributed by atoms with Crippen LogP contribution in [0.1, 0.15) is 37.7 Å². The molecule has 0 aromatic heterocycles. The average molecular weight is 314 g/mol. The molecule has 0 radical (unpaired) electrons. The molecule has 0 bridgehead atoms. The van der Waals surface area contributed by atoms with E-state index >= 15 is 0 Å². The minimum absolute atomic E-state index is 0.131. The summed E-state index contributed by atoms with van der Waals surface area (Å²) in [7, 11) is -3.63. The number of hydrogen-bond donors (Lipinski definition) is 2. The van der Waals surface area contributed by atoms with Gasteiger partial charge in [0, 0.05) is 6.54 Å². The number of rotatable bonds is 5. The van der Waals surface area contributed by atoms with Crippen molar-refractivity contribution < 1.29 is 12.8 Å². The van der Waals surface area contributed by atoms with Crippen LogP contribution in [0.5, 0.6) is 0 Å². The third kappa shape index (κ3) is 3.81. The van der Waals surface area contributed by atoms with Crippen molar-refractivity contribution in [2.75, 3.05) is 13.1 Å². The standard InChI is InChI=1S/C15H23FN2O2S/c1-12-9-13(16)5-6-14(12)21(19,20)18-11-15(10-17)7-3-2-4-8-15/h5-6,9,18H,2-4,7-8,10-11,17H2,1H3. The molecule has 1 aromatic carbocycles. The van der Waals surface area contributed by atoms with Crippen molar-refractivity contribution in [3.05, 3.63) is 29.6 Å². The summed E-state index contributed by atoms with van der Waals surface area (Å²) in [5.41, 5.74) is 6.14. The highest BCUT2D eigenvalue weighted by atomic mass is 32.2. The van der Waals surface area contributed by atoms with E-state index in [1.54, 1.807) is 6.92 Å². The molecule has 1 aliphatic carbocycles. The van der Waals surface area contributed by atoms with E-state index in [4.69, 9.17) is 5.73 Å². The summed E-state index contributed by atoms with van der Waals surface area (Å²) in [5.74, 6) is -0.433. The van der Waals surface area contributed by atoms with Crippen LogP contribution in [0.2, 0.25) is 0 Å². The van der Waals surface area contributed by atoms with Gasteiger partial charge in [0.15, 0.2) is 0 Å². The monoisotopic (exact) mass is 314 g/mol. The molecule has 21 heavy (non-hydrogen) atoms. The van der Waals surface area contributed by atoms with Crippen molar-refractivity contribution in [3.8, 4) is 0 Å². The number of nitrogens with two attached hydrogens (primary N) is 1. The molecule has 1 aliphatic rings. The lowest BCUT2D eigenvalue weighted by Crippen LogP contribution is -2.43. The fourth-order valence-electron chi connectivity index (χ4n) is 3.00. The second kappa shape index (κ2) is 6.42. The lowest BCUT2D eigenvalue weighted by Gasteiger charge is -2.36. The number of hydrogen-bond acceptors (Lipinski definition) is 3. The molecule has 0 unspecified atom stereocenters. The normalized spacial score (nSPS) is 18.6. The van der Waals surface area contributed by atoms with Gasteiger partial charge in [0.2, 0.25) is 10.0 Å². The molecule has 4 nitrogen and oxygen atoms in total. The van der Waals surface area contributed by atoms with E-state index in [0.29, 0.717) is 18.7 Å². The lowest BCUT2D eigenvalue weighted by atomic mass is 9.74. The summed E-state index contributed by atoms with van der Waals surface area (Å²) < 4.78 is 40.5. The molecule has 1 fully saturated rings. The fraction of sp³-hybridized carbons (Fsp3) is 0.600. The summed E-state index contributed by atoms with van der Waals surface area (Å²) in [6.07, 6.45) is 5.28. The molecule has 1 aromatic rings. The van der Waals surface area contributed by atoms with Gasteiger partial charge < -0.3 is 5.73 Å². The first-order valence-corrected chi connectivity index (χ1v) is 8.83. The molecule has 118 valence electrons. The largest absolute Gasteiger partial charge is 0.330 e. The van der Waals surface area contributed by atoms with Crippen molar-refractivity contribution in [3.63, 3.8) is 0 Å². The zero-order chi connectivity index (χ0) is 15.5. The summed E-state index contributed by atoms with van der Waals surface area (Å²) in [4.78, 5) is 0.131. The van der Waals surface area contributed by atoms with E-state index in [1.807, 2.05) is 0 Å². The molecule has 0 spiro atoms. The molecule has 0 atom stereocenters. The van der Waals surface area contributed by atoms with Crippen LogP contribution in [0.4, 0.5) is 4.39 Å². The first-order valence-electron chi connectivity index (χ1n) is 7.34. The summed E-state index contributed by atoms with van der Waals surface area (Å²) in [6, 6.07) is 3.71. The van der Waals surface area contributed by atoms with Gasteiger partial charge in [0.25, 0.3) is 0 Å². The van der Waals surface area contributed by atoms with E-state index in [9.17, 15) is 12.8 Å². The molecule has 0 saturated heterocycles. The summed E-state index contributed by atoms with van der Waals surface area (Å²) >= 11 is 0. The Morgan fingerprint density at radius 3 is 2.52 bits per heavy atom. The predicted octanol–water partition coefficient (Wildman–Crippen LogP) is 2.32. The fourth-order valence-corrected chi connectivity index (χ4v) is 4.38. The van der Waals surface area contributed by atoms with Gasteiger partial charge in [-0.3, -0.25) is 0 Å². The van der Waals surface area contributed by atoms with E-state index in [2.05, 4.69) is 4.72 Å². The van der Waals surface area contributed by atoms with Crippen LogP contribution >= 0.6 is 0 Å². The first-order chi connectivity index (χ1) is 9.88. The molecule has 0 amide bonds. The van der Waals surface area contributed by atoms with Crippen LogP contribution in [-0.4, -0.2) is 21.5 Å². The molecule has 0 aliphatic heterocycles. The molecule has 2 rings (SSSR count). The molecule has 0 heterocycles. The minimum Gasteiger partial charge on any atom is -0.330 e. The maximum Gasteiger partial charge on any atom is 0.240 e. The van der Waals surface area contributed by atoms with Crippen LogP contribution in [0.15, 0.2) is 23.1 Å². The Bertz CT molecular complexity index is 596. The maximum atomic E-state index is 13.1. The topological polar surface area (TPSA) is 72.2 Å². The summed E-state index contributed by atoms with van der Waals surface area (Å²) in [5, 5.41) is 0. The Morgan fingerprint density at radius 1 is 1.29 bits per heavy atom. The highest BCUT2D eigenvalue weighted by Crippen LogP contribution is 2.35. The number of benzene rings is 1. The van der Waals surface area contributed by atoms with Crippen LogP contribution in [0, 0.1) is 18.2 Å². The Balaban J connectivity index is 2.13. The first kappa shape index (κ1) is 16.4. The van der Waals surface area contributed by atoms with Crippen molar-refractivity contribution in [2.45, 2.75) is 43.9 Å². The molecular formula is C15H23FN2O2S. The van der Waals surface area contributed by atoms with Gasteiger partial charge in [0.1, 0.15) is 5.82 Å². The highest BCUT2D eigenvalue weighted by molar-refractivity contribution is 7.89. The smallest absolute Gasteiger partial charge is 0.240 e. The minimum atomic E-state index is -3.63. The highest BCUT2D eigenvalue weighted by Gasteiger charge is 2.32. The van der Waals surface area contributed by atoms with Gasteiger partial charge in [-0.15, -0.1) is 0 Å². The third-order valence-corrected chi connectivity index (χ3v) is 5.97. The number of aryl methyl sites for hydroxylation is 1. The summed E-state index contributed by atoms with van der Waals surface area (Å²) in [6.45, 7) is 2.43. The Morgan fingerprint density at radius 2 is 1.95 bits per heavy atom. The van der Waals surface area contributed by atoms with Crippen LogP contribution in [-0.2, 0) is 10.0 Å². The zero-order valence-electron chi connectivity index (χ0n) is 12.4. The maximum absolute atomic E-state index is 13.1.